The van der Waals surface area contributed by atoms with Gasteiger partial charge in [0.1, 0.15) is 23.9 Å². The van der Waals surface area contributed by atoms with Crippen molar-refractivity contribution in [2.24, 2.45) is 0 Å². The lowest BCUT2D eigenvalue weighted by atomic mass is 10.3. The molecule has 0 amide bonds. The second kappa shape index (κ2) is 7.83. The van der Waals surface area contributed by atoms with E-state index in [2.05, 4.69) is 15.9 Å². The molecule has 1 aromatic carbocycles. The molecule has 24 heavy (non-hydrogen) atoms. The zero-order chi connectivity index (χ0) is 16.9. The highest BCUT2D eigenvalue weighted by molar-refractivity contribution is 9.10. The molecule has 0 aliphatic carbocycles. The Kier molecular flexibility index (Phi) is 5.56. The lowest BCUT2D eigenvalue weighted by Crippen LogP contribution is -1.93. The number of thiophene rings is 1. The zero-order valence-electron chi connectivity index (χ0n) is 12.4. The number of hydrogen-bond donors (Lipinski definition) is 0. The molecule has 2 heterocycles. The second-order valence-corrected chi connectivity index (χ2v) is 7.14. The van der Waals surface area contributed by atoms with Crippen LogP contribution in [0, 0.1) is 0 Å². The van der Waals surface area contributed by atoms with Gasteiger partial charge in [0.05, 0.1) is 4.88 Å². The number of hydrogen-bond acceptors (Lipinski definition) is 4. The highest BCUT2D eigenvalue weighted by Gasteiger charge is 2.06. The summed E-state index contributed by atoms with van der Waals surface area (Å²) in [5.74, 6) is 1.94. The third-order valence-corrected chi connectivity index (χ3v) is 5.04. The largest absolute Gasteiger partial charge is 0.486 e. The van der Waals surface area contributed by atoms with Crippen molar-refractivity contribution in [3.63, 3.8) is 0 Å². The Morgan fingerprint density at radius 3 is 2.75 bits per heavy atom. The molecule has 0 radical (unpaired) electrons. The minimum Gasteiger partial charge on any atom is -0.486 e. The van der Waals surface area contributed by atoms with E-state index in [-0.39, 0.29) is 5.78 Å². The van der Waals surface area contributed by atoms with Gasteiger partial charge in [-0.2, -0.15) is 0 Å². The second-order valence-electron chi connectivity index (χ2n) is 4.87. The van der Waals surface area contributed by atoms with E-state index in [4.69, 9.17) is 20.8 Å². The molecule has 0 atom stereocenters. The van der Waals surface area contributed by atoms with Gasteiger partial charge in [-0.25, -0.2) is 0 Å². The number of ether oxygens (including phenoxy) is 1. The van der Waals surface area contributed by atoms with Crippen LogP contribution in [-0.2, 0) is 6.61 Å². The van der Waals surface area contributed by atoms with Crippen LogP contribution in [-0.4, -0.2) is 5.78 Å². The van der Waals surface area contributed by atoms with Crippen molar-refractivity contribution in [1.29, 1.82) is 0 Å². The summed E-state index contributed by atoms with van der Waals surface area (Å²) in [6.45, 7) is 0.307. The third-order valence-electron chi connectivity index (χ3n) is 3.09. The fraction of sp³-hybridized carbons (Fsp3) is 0.0556. The molecule has 2 aromatic heterocycles. The minimum atomic E-state index is -0.0546. The van der Waals surface area contributed by atoms with Gasteiger partial charge < -0.3 is 9.15 Å². The van der Waals surface area contributed by atoms with Crippen LogP contribution >= 0.6 is 38.9 Å². The molecular formula is C18H12BrClO3S. The van der Waals surface area contributed by atoms with Gasteiger partial charge in [0.15, 0.2) is 5.78 Å². The molecule has 3 nitrogen and oxygen atoms in total. The average molecular weight is 424 g/mol. The van der Waals surface area contributed by atoms with E-state index in [1.54, 1.807) is 42.5 Å². The Balaban J connectivity index is 1.58. The van der Waals surface area contributed by atoms with Gasteiger partial charge >= 0.3 is 0 Å². The molecule has 0 saturated heterocycles. The molecular weight excluding hydrogens is 412 g/mol. The molecule has 0 N–H and O–H groups in total. The maximum atomic E-state index is 12.0. The van der Waals surface area contributed by atoms with Crippen LogP contribution in [0.15, 0.2) is 62.8 Å². The topological polar surface area (TPSA) is 39.4 Å². The van der Waals surface area contributed by atoms with E-state index in [1.165, 1.54) is 17.4 Å². The van der Waals surface area contributed by atoms with Gasteiger partial charge in [0.25, 0.3) is 0 Å². The van der Waals surface area contributed by atoms with Crippen LogP contribution in [0.25, 0.3) is 6.08 Å². The standard InChI is InChI=1S/C18H12BrClO3S/c19-12-9-18(24-11-12)17(21)8-7-15-5-6-16(23-15)10-22-14-3-1-13(20)2-4-14/h1-9,11H,10H2/b8-7+. The quantitative estimate of drug-likeness (QED) is 0.348. The fourth-order valence-corrected chi connectivity index (χ4v) is 3.40. The molecule has 0 spiro atoms. The Morgan fingerprint density at radius 2 is 2.04 bits per heavy atom. The number of carbonyl (C=O) groups excluding carboxylic acids is 1. The van der Waals surface area contributed by atoms with E-state index in [9.17, 15) is 4.79 Å². The zero-order valence-corrected chi connectivity index (χ0v) is 15.5. The van der Waals surface area contributed by atoms with Crippen molar-refractivity contribution in [3.05, 3.63) is 79.8 Å². The number of carbonyl (C=O) groups is 1. The molecule has 0 aliphatic rings. The Morgan fingerprint density at radius 1 is 1.25 bits per heavy atom. The predicted molar refractivity (Wildman–Crippen MR) is 99.9 cm³/mol. The summed E-state index contributed by atoms with van der Waals surface area (Å²) in [4.78, 5) is 12.7. The lowest BCUT2D eigenvalue weighted by Gasteiger charge is -2.03. The highest BCUT2D eigenvalue weighted by Crippen LogP contribution is 2.21. The molecule has 3 rings (SSSR count). The smallest absolute Gasteiger partial charge is 0.195 e. The van der Waals surface area contributed by atoms with E-state index in [0.717, 1.165) is 4.47 Å². The van der Waals surface area contributed by atoms with Crippen LogP contribution < -0.4 is 4.74 Å². The number of furan rings is 1. The molecule has 0 fully saturated rings. The molecule has 3 aromatic rings. The first-order chi connectivity index (χ1) is 11.6. The summed E-state index contributed by atoms with van der Waals surface area (Å²) < 4.78 is 12.1. The van der Waals surface area contributed by atoms with Gasteiger partial charge in [0.2, 0.25) is 0 Å². The van der Waals surface area contributed by atoms with Crippen molar-refractivity contribution in [2.45, 2.75) is 6.61 Å². The molecule has 122 valence electrons. The van der Waals surface area contributed by atoms with E-state index in [0.29, 0.717) is 33.8 Å². The van der Waals surface area contributed by atoms with E-state index in [1.807, 2.05) is 11.4 Å². The van der Waals surface area contributed by atoms with Gasteiger partial charge in [0, 0.05) is 14.9 Å². The first kappa shape index (κ1) is 17.0. The van der Waals surface area contributed by atoms with Crippen LogP contribution in [0.1, 0.15) is 21.2 Å². The maximum Gasteiger partial charge on any atom is 0.195 e. The van der Waals surface area contributed by atoms with Gasteiger partial charge in [-0.3, -0.25) is 4.79 Å². The average Bonchev–Trinajstić information content (AvgIpc) is 3.21. The summed E-state index contributed by atoms with van der Waals surface area (Å²) in [6.07, 6.45) is 3.16. The van der Waals surface area contributed by atoms with Crippen molar-refractivity contribution >= 4 is 50.7 Å². The van der Waals surface area contributed by atoms with Crippen LogP contribution in [0.4, 0.5) is 0 Å². The molecule has 6 heteroatoms. The summed E-state index contributed by atoms with van der Waals surface area (Å²) in [6, 6.07) is 12.5. The molecule has 0 bridgehead atoms. The SMILES string of the molecule is O=C(/C=C/c1ccc(COc2ccc(Cl)cc2)o1)c1cc(Br)cs1. The van der Waals surface area contributed by atoms with Crippen molar-refractivity contribution < 1.29 is 13.9 Å². The first-order valence-corrected chi connectivity index (χ1v) is 9.09. The van der Waals surface area contributed by atoms with Crippen LogP contribution in [0.3, 0.4) is 0 Å². The highest BCUT2D eigenvalue weighted by atomic mass is 79.9. The summed E-state index contributed by atoms with van der Waals surface area (Å²) in [7, 11) is 0. The predicted octanol–water partition coefficient (Wildman–Crippen LogP) is 6.23. The third kappa shape index (κ3) is 4.60. The summed E-state index contributed by atoms with van der Waals surface area (Å²) in [5.41, 5.74) is 0. The van der Waals surface area contributed by atoms with E-state index >= 15 is 0 Å². The van der Waals surface area contributed by atoms with E-state index < -0.39 is 0 Å². The number of ketones is 1. The first-order valence-electron chi connectivity index (χ1n) is 7.04. The molecule has 0 unspecified atom stereocenters. The number of benzene rings is 1. The summed E-state index contributed by atoms with van der Waals surface area (Å²) in [5, 5.41) is 2.54. The number of rotatable bonds is 6. The number of allylic oxidation sites excluding steroid dienone is 1. The minimum absolute atomic E-state index is 0.0546. The van der Waals surface area contributed by atoms with Gasteiger partial charge in [-0.05, 0) is 70.5 Å². The van der Waals surface area contributed by atoms with Crippen molar-refractivity contribution in [3.8, 4) is 5.75 Å². The van der Waals surface area contributed by atoms with Crippen molar-refractivity contribution in [1.82, 2.24) is 0 Å². The Hall–Kier alpha value is -1.82. The van der Waals surface area contributed by atoms with Gasteiger partial charge in [-0.15, -0.1) is 11.3 Å². The Labute approximate surface area is 156 Å². The molecule has 0 saturated carbocycles. The fourth-order valence-electron chi connectivity index (χ4n) is 1.93. The van der Waals surface area contributed by atoms with Crippen LogP contribution in [0.2, 0.25) is 5.02 Å². The normalized spacial score (nSPS) is 11.1. The van der Waals surface area contributed by atoms with Gasteiger partial charge in [-0.1, -0.05) is 11.6 Å². The van der Waals surface area contributed by atoms with Crippen molar-refractivity contribution in [2.75, 3.05) is 0 Å². The molecule has 0 aliphatic heterocycles. The van der Waals surface area contributed by atoms with Crippen LogP contribution in [0.5, 0.6) is 5.75 Å². The maximum absolute atomic E-state index is 12.0. The summed E-state index contributed by atoms with van der Waals surface area (Å²) >= 11 is 10.6. The lowest BCUT2D eigenvalue weighted by molar-refractivity contribution is 0.105. The monoisotopic (exact) mass is 422 g/mol. The Bertz CT molecular complexity index is 865. The number of halogens is 2.